The Bertz CT molecular complexity index is 764. The van der Waals surface area contributed by atoms with Crippen LogP contribution in [0.5, 0.6) is 0 Å². The molecule has 0 aliphatic carbocycles. The summed E-state index contributed by atoms with van der Waals surface area (Å²) >= 11 is 0. The third-order valence-corrected chi connectivity index (χ3v) is 6.81. The number of carbonyl (C=O) groups excluding carboxylic acids is 1. The van der Waals surface area contributed by atoms with Gasteiger partial charge in [0.15, 0.2) is 15.8 Å². The van der Waals surface area contributed by atoms with E-state index < -0.39 is 9.84 Å². The summed E-state index contributed by atoms with van der Waals surface area (Å²) < 4.78 is 30.2. The maximum Gasteiger partial charge on any atom is 0.310 e. The van der Waals surface area contributed by atoms with Crippen LogP contribution in [-0.4, -0.2) is 64.3 Å². The molecule has 1 N–H and O–H groups in total. The molecule has 150 valence electrons. The SMILES string of the molecule is CCC(CS(=O)(=O)c1ccccc1)NC(=NC)N1CC(C)C(C(=O)OC)C1. The smallest absolute Gasteiger partial charge is 0.310 e. The summed E-state index contributed by atoms with van der Waals surface area (Å²) in [5, 5.41) is 3.26. The van der Waals surface area contributed by atoms with E-state index in [0.717, 1.165) is 0 Å². The Labute approximate surface area is 161 Å². The predicted octanol–water partition coefficient (Wildman–Crippen LogP) is 1.56. The van der Waals surface area contributed by atoms with Gasteiger partial charge in [0.2, 0.25) is 0 Å². The molecule has 3 atom stereocenters. The largest absolute Gasteiger partial charge is 0.469 e. The highest BCUT2D eigenvalue weighted by Crippen LogP contribution is 2.24. The van der Waals surface area contributed by atoms with Crippen LogP contribution in [0, 0.1) is 11.8 Å². The highest BCUT2D eigenvalue weighted by molar-refractivity contribution is 7.91. The van der Waals surface area contributed by atoms with Crippen molar-refractivity contribution in [1.29, 1.82) is 0 Å². The van der Waals surface area contributed by atoms with Gasteiger partial charge in [-0.25, -0.2) is 8.42 Å². The second-order valence-corrected chi connectivity index (χ2v) is 8.94. The molecular formula is C19H29N3O4S. The minimum Gasteiger partial charge on any atom is -0.469 e. The van der Waals surface area contributed by atoms with E-state index in [1.807, 2.05) is 18.7 Å². The highest BCUT2D eigenvalue weighted by atomic mass is 32.2. The number of likely N-dealkylation sites (tertiary alicyclic amines) is 1. The lowest BCUT2D eigenvalue weighted by atomic mass is 9.99. The van der Waals surface area contributed by atoms with Crippen LogP contribution < -0.4 is 5.32 Å². The zero-order valence-electron chi connectivity index (χ0n) is 16.4. The lowest BCUT2D eigenvalue weighted by Crippen LogP contribution is -2.47. The number of nitrogens with one attached hydrogen (secondary N) is 1. The Morgan fingerprint density at radius 2 is 2.00 bits per heavy atom. The summed E-state index contributed by atoms with van der Waals surface area (Å²) in [7, 11) is -0.339. The summed E-state index contributed by atoms with van der Waals surface area (Å²) in [5.41, 5.74) is 0. The number of nitrogens with zero attached hydrogens (tertiary/aromatic N) is 2. The molecule has 1 aromatic rings. The lowest BCUT2D eigenvalue weighted by Gasteiger charge is -2.26. The Hall–Kier alpha value is -2.09. The van der Waals surface area contributed by atoms with Crippen molar-refractivity contribution in [2.75, 3.05) is 33.0 Å². The van der Waals surface area contributed by atoms with E-state index in [2.05, 4.69) is 10.3 Å². The first kappa shape index (κ1) is 21.2. The van der Waals surface area contributed by atoms with Gasteiger partial charge in [0.05, 0.1) is 23.7 Å². The number of benzene rings is 1. The van der Waals surface area contributed by atoms with E-state index in [1.165, 1.54) is 7.11 Å². The van der Waals surface area contributed by atoms with E-state index >= 15 is 0 Å². The lowest BCUT2D eigenvalue weighted by molar-refractivity contribution is -0.145. The molecule has 8 heteroatoms. The number of ether oxygens (including phenoxy) is 1. The Morgan fingerprint density at radius 1 is 1.33 bits per heavy atom. The zero-order valence-corrected chi connectivity index (χ0v) is 17.2. The Balaban J connectivity index is 2.07. The van der Waals surface area contributed by atoms with E-state index in [0.29, 0.717) is 30.4 Å². The molecule has 0 saturated carbocycles. The van der Waals surface area contributed by atoms with Crippen molar-refractivity contribution in [1.82, 2.24) is 10.2 Å². The quantitative estimate of drug-likeness (QED) is 0.447. The number of methoxy groups -OCH3 is 1. The fourth-order valence-corrected chi connectivity index (χ4v) is 4.94. The normalized spacial score (nSPS) is 21.8. The van der Waals surface area contributed by atoms with Crippen LogP contribution in [0.3, 0.4) is 0 Å². The molecule has 0 aromatic heterocycles. The standard InChI is InChI=1S/C19H29N3O4S/c1-5-15(13-27(24,25)16-9-7-6-8-10-16)21-19(20-3)22-11-14(2)17(12-22)18(23)26-4/h6-10,14-15,17H,5,11-13H2,1-4H3,(H,20,21). The van der Waals surface area contributed by atoms with Gasteiger partial charge < -0.3 is 15.0 Å². The van der Waals surface area contributed by atoms with Crippen molar-refractivity contribution in [2.45, 2.75) is 31.2 Å². The number of rotatable bonds is 6. The number of hydrogen-bond acceptors (Lipinski definition) is 5. The van der Waals surface area contributed by atoms with Crippen molar-refractivity contribution in [2.24, 2.45) is 16.8 Å². The first-order valence-electron chi connectivity index (χ1n) is 9.16. The van der Waals surface area contributed by atoms with Crippen molar-refractivity contribution in [3.05, 3.63) is 30.3 Å². The molecule has 3 unspecified atom stereocenters. The monoisotopic (exact) mass is 395 g/mol. The molecule has 0 amide bonds. The van der Waals surface area contributed by atoms with Gasteiger partial charge in [0.25, 0.3) is 0 Å². The van der Waals surface area contributed by atoms with Crippen LogP contribution in [0.1, 0.15) is 20.3 Å². The van der Waals surface area contributed by atoms with Crippen LogP contribution in [0.15, 0.2) is 40.2 Å². The van der Waals surface area contributed by atoms with E-state index in [9.17, 15) is 13.2 Å². The Morgan fingerprint density at radius 3 is 2.56 bits per heavy atom. The summed E-state index contributed by atoms with van der Waals surface area (Å²) in [6.45, 7) is 5.12. The molecule has 1 aliphatic heterocycles. The maximum absolute atomic E-state index is 12.7. The van der Waals surface area contributed by atoms with Crippen molar-refractivity contribution >= 4 is 21.8 Å². The van der Waals surface area contributed by atoms with Gasteiger partial charge in [-0.15, -0.1) is 0 Å². The summed E-state index contributed by atoms with van der Waals surface area (Å²) in [6.07, 6.45) is 0.634. The van der Waals surface area contributed by atoms with Crippen LogP contribution in [0.4, 0.5) is 0 Å². The second-order valence-electron chi connectivity index (χ2n) is 6.90. The summed E-state index contributed by atoms with van der Waals surface area (Å²) in [4.78, 5) is 18.5. The van der Waals surface area contributed by atoms with Crippen molar-refractivity contribution < 1.29 is 17.9 Å². The van der Waals surface area contributed by atoms with Crippen LogP contribution in [0.2, 0.25) is 0 Å². The molecule has 1 heterocycles. The number of aliphatic imine (C=N–C) groups is 1. The summed E-state index contributed by atoms with van der Waals surface area (Å²) in [5.74, 6) is 0.310. The van der Waals surface area contributed by atoms with E-state index in [1.54, 1.807) is 37.4 Å². The van der Waals surface area contributed by atoms with Gasteiger partial charge >= 0.3 is 5.97 Å². The molecular weight excluding hydrogens is 366 g/mol. The first-order chi connectivity index (χ1) is 12.8. The van der Waals surface area contributed by atoms with Gasteiger partial charge in [0, 0.05) is 26.2 Å². The molecule has 0 radical (unpaired) electrons. The zero-order chi connectivity index (χ0) is 20.0. The highest BCUT2D eigenvalue weighted by Gasteiger charge is 2.37. The number of esters is 1. The first-order valence-corrected chi connectivity index (χ1v) is 10.8. The van der Waals surface area contributed by atoms with Crippen LogP contribution in [-0.2, 0) is 19.4 Å². The number of hydrogen-bond donors (Lipinski definition) is 1. The van der Waals surface area contributed by atoms with Gasteiger partial charge in [-0.3, -0.25) is 9.79 Å². The Kier molecular flexibility index (Phi) is 7.24. The number of sulfone groups is 1. The van der Waals surface area contributed by atoms with Crippen molar-refractivity contribution in [3.63, 3.8) is 0 Å². The van der Waals surface area contributed by atoms with E-state index in [4.69, 9.17) is 4.74 Å². The molecule has 1 saturated heterocycles. The fourth-order valence-electron chi connectivity index (χ4n) is 3.33. The molecule has 1 aromatic carbocycles. The van der Waals surface area contributed by atoms with Gasteiger partial charge in [0.1, 0.15) is 0 Å². The molecule has 7 nitrogen and oxygen atoms in total. The minimum atomic E-state index is -3.40. The number of carbonyl (C=O) groups is 1. The number of guanidine groups is 1. The molecule has 1 fully saturated rings. The van der Waals surface area contributed by atoms with Gasteiger partial charge in [-0.1, -0.05) is 32.0 Å². The third-order valence-electron chi connectivity index (χ3n) is 4.98. The maximum atomic E-state index is 12.7. The van der Waals surface area contributed by atoms with Crippen LogP contribution >= 0.6 is 0 Å². The van der Waals surface area contributed by atoms with Crippen molar-refractivity contribution in [3.8, 4) is 0 Å². The van der Waals surface area contributed by atoms with Crippen LogP contribution in [0.25, 0.3) is 0 Å². The molecule has 0 spiro atoms. The average Bonchev–Trinajstić information content (AvgIpc) is 3.06. The predicted molar refractivity (Wildman–Crippen MR) is 105 cm³/mol. The minimum absolute atomic E-state index is 0.0175. The van der Waals surface area contributed by atoms with Gasteiger partial charge in [-0.05, 0) is 24.5 Å². The summed E-state index contributed by atoms with van der Waals surface area (Å²) in [6, 6.07) is 8.18. The third kappa shape index (κ3) is 5.22. The second kappa shape index (κ2) is 9.21. The van der Waals surface area contributed by atoms with E-state index in [-0.39, 0.29) is 29.6 Å². The topological polar surface area (TPSA) is 88.1 Å². The average molecular weight is 396 g/mol. The fraction of sp³-hybridized carbons (Fsp3) is 0.579. The molecule has 1 aliphatic rings. The van der Waals surface area contributed by atoms with Gasteiger partial charge in [-0.2, -0.15) is 0 Å². The molecule has 27 heavy (non-hydrogen) atoms. The molecule has 2 rings (SSSR count). The molecule has 0 bridgehead atoms.